The summed E-state index contributed by atoms with van der Waals surface area (Å²) in [6, 6.07) is 1.27. The van der Waals surface area contributed by atoms with Gasteiger partial charge in [0.05, 0.1) is 19.2 Å². The van der Waals surface area contributed by atoms with E-state index in [1.54, 1.807) is 6.92 Å². The molecule has 0 aliphatic carbocycles. The van der Waals surface area contributed by atoms with Gasteiger partial charge in [-0.3, -0.25) is 9.78 Å². The topological polar surface area (TPSA) is 65.2 Å². The van der Waals surface area contributed by atoms with Crippen LogP contribution in [-0.2, 0) is 22.5 Å². The van der Waals surface area contributed by atoms with Crippen molar-refractivity contribution in [2.75, 3.05) is 7.11 Å². The largest absolute Gasteiger partial charge is 0.469 e. The van der Waals surface area contributed by atoms with Crippen LogP contribution in [0.1, 0.15) is 28.9 Å². The fourth-order valence-corrected chi connectivity index (χ4v) is 1.58. The first-order valence-corrected chi connectivity index (χ1v) is 5.04. The summed E-state index contributed by atoms with van der Waals surface area (Å²) in [6.45, 7) is 1.61. The van der Waals surface area contributed by atoms with Gasteiger partial charge in [-0.15, -0.1) is 0 Å². The number of methoxy groups -OCH3 is 1. The van der Waals surface area contributed by atoms with Gasteiger partial charge in [-0.25, -0.2) is 8.78 Å². The third-order valence-electron chi connectivity index (χ3n) is 2.35. The fourth-order valence-electron chi connectivity index (χ4n) is 1.58. The highest BCUT2D eigenvalue weighted by Crippen LogP contribution is 2.26. The Hall–Kier alpha value is -1.56. The molecule has 0 spiro atoms. The molecule has 0 atom stereocenters. The summed E-state index contributed by atoms with van der Waals surface area (Å²) in [5, 5.41) is 0. The number of carbonyl (C=O) groups excluding carboxylic acids is 1. The van der Waals surface area contributed by atoms with Gasteiger partial charge in [0.15, 0.2) is 0 Å². The molecule has 0 fully saturated rings. The lowest BCUT2D eigenvalue weighted by molar-refractivity contribution is -0.139. The maximum atomic E-state index is 12.9. The van der Waals surface area contributed by atoms with Crippen molar-refractivity contribution in [2.45, 2.75) is 26.3 Å². The molecule has 1 aromatic heterocycles. The lowest BCUT2D eigenvalue weighted by atomic mass is 10.0. The van der Waals surface area contributed by atoms with Crippen LogP contribution in [0.5, 0.6) is 0 Å². The molecule has 4 nitrogen and oxygen atoms in total. The van der Waals surface area contributed by atoms with Gasteiger partial charge in [-0.05, 0) is 18.6 Å². The number of nitrogens with zero attached hydrogens (tertiary/aromatic N) is 1. The van der Waals surface area contributed by atoms with Crippen molar-refractivity contribution >= 4 is 5.97 Å². The molecule has 0 aliphatic heterocycles. The number of aromatic nitrogens is 1. The summed E-state index contributed by atoms with van der Waals surface area (Å²) < 4.78 is 30.2. The highest BCUT2D eigenvalue weighted by atomic mass is 19.3. The minimum absolute atomic E-state index is 0.00767. The maximum absolute atomic E-state index is 12.9. The first-order chi connectivity index (χ1) is 7.99. The highest BCUT2D eigenvalue weighted by Gasteiger charge is 2.20. The minimum atomic E-state index is -2.67. The predicted molar refractivity (Wildman–Crippen MR) is 57.5 cm³/mol. The van der Waals surface area contributed by atoms with E-state index in [9.17, 15) is 13.6 Å². The molecule has 1 aromatic rings. The third kappa shape index (κ3) is 3.20. The molecule has 0 aromatic carbocycles. The molecule has 0 aliphatic rings. The van der Waals surface area contributed by atoms with E-state index in [2.05, 4.69) is 9.72 Å². The number of carbonyl (C=O) groups is 1. The number of alkyl halides is 2. The Labute approximate surface area is 97.8 Å². The Morgan fingerprint density at radius 3 is 2.71 bits per heavy atom. The molecule has 94 valence electrons. The summed E-state index contributed by atoms with van der Waals surface area (Å²) in [4.78, 5) is 15.2. The molecular weight excluding hydrogens is 230 g/mol. The molecular formula is C11H14F2N2O2. The van der Waals surface area contributed by atoms with Crippen LogP contribution >= 0.6 is 0 Å². The van der Waals surface area contributed by atoms with Crippen molar-refractivity contribution in [1.29, 1.82) is 0 Å². The van der Waals surface area contributed by atoms with Gasteiger partial charge in [-0.1, -0.05) is 0 Å². The molecule has 1 heterocycles. The van der Waals surface area contributed by atoms with Crippen LogP contribution in [0.3, 0.4) is 0 Å². The van der Waals surface area contributed by atoms with Gasteiger partial charge >= 0.3 is 5.97 Å². The van der Waals surface area contributed by atoms with E-state index in [0.29, 0.717) is 11.4 Å². The van der Waals surface area contributed by atoms with Crippen LogP contribution in [0, 0.1) is 6.92 Å². The monoisotopic (exact) mass is 244 g/mol. The molecule has 0 saturated heterocycles. The number of hydrogen-bond donors (Lipinski definition) is 1. The zero-order valence-electron chi connectivity index (χ0n) is 9.67. The zero-order chi connectivity index (χ0) is 13.0. The normalized spacial score (nSPS) is 10.7. The molecule has 0 radical (unpaired) electrons. The van der Waals surface area contributed by atoms with Crippen molar-refractivity contribution in [2.24, 2.45) is 5.73 Å². The number of esters is 1. The van der Waals surface area contributed by atoms with Gasteiger partial charge in [-0.2, -0.15) is 0 Å². The van der Waals surface area contributed by atoms with E-state index in [4.69, 9.17) is 5.73 Å². The van der Waals surface area contributed by atoms with Crippen LogP contribution < -0.4 is 5.73 Å². The Morgan fingerprint density at radius 1 is 1.59 bits per heavy atom. The number of aryl methyl sites for hydroxylation is 1. The van der Waals surface area contributed by atoms with Gasteiger partial charge in [0.1, 0.15) is 0 Å². The van der Waals surface area contributed by atoms with Crippen LogP contribution in [0.25, 0.3) is 0 Å². The average Bonchev–Trinajstić information content (AvgIpc) is 2.30. The van der Waals surface area contributed by atoms with E-state index >= 15 is 0 Å². The van der Waals surface area contributed by atoms with Crippen molar-refractivity contribution in [3.63, 3.8) is 0 Å². The predicted octanol–water partition coefficient (Wildman–Crippen LogP) is 1.50. The summed E-state index contributed by atoms with van der Waals surface area (Å²) >= 11 is 0. The Kier molecular flexibility index (Phi) is 4.51. The van der Waals surface area contributed by atoms with Crippen LogP contribution in [0.2, 0.25) is 0 Å². The van der Waals surface area contributed by atoms with E-state index in [-0.39, 0.29) is 24.1 Å². The third-order valence-corrected chi connectivity index (χ3v) is 2.35. The van der Waals surface area contributed by atoms with E-state index in [0.717, 1.165) is 0 Å². The summed E-state index contributed by atoms with van der Waals surface area (Å²) in [6.07, 6.45) is -2.91. The van der Waals surface area contributed by atoms with Crippen molar-refractivity contribution < 1.29 is 18.3 Å². The highest BCUT2D eigenvalue weighted by molar-refractivity contribution is 5.73. The van der Waals surface area contributed by atoms with Crippen LogP contribution in [0.15, 0.2) is 6.07 Å². The number of halogens is 2. The zero-order valence-corrected chi connectivity index (χ0v) is 9.67. The SMILES string of the molecule is COC(=O)Cc1c(C(F)F)cc(C)nc1CN. The number of ether oxygens (including phenoxy) is 1. The number of hydrogen-bond acceptors (Lipinski definition) is 4. The van der Waals surface area contributed by atoms with E-state index < -0.39 is 12.4 Å². The van der Waals surface area contributed by atoms with E-state index in [1.165, 1.54) is 13.2 Å². The van der Waals surface area contributed by atoms with Crippen LogP contribution in [0.4, 0.5) is 8.78 Å². The minimum Gasteiger partial charge on any atom is -0.469 e. The second-order valence-corrected chi connectivity index (χ2v) is 3.54. The summed E-state index contributed by atoms with van der Waals surface area (Å²) in [7, 11) is 1.20. The molecule has 17 heavy (non-hydrogen) atoms. The van der Waals surface area contributed by atoms with Crippen molar-refractivity contribution in [3.8, 4) is 0 Å². The van der Waals surface area contributed by atoms with Gasteiger partial charge in [0, 0.05) is 17.8 Å². The Morgan fingerprint density at radius 2 is 2.24 bits per heavy atom. The molecule has 0 saturated carbocycles. The van der Waals surface area contributed by atoms with Gasteiger partial charge in [0.2, 0.25) is 0 Å². The number of pyridine rings is 1. The lowest BCUT2D eigenvalue weighted by Crippen LogP contribution is -2.14. The molecule has 0 unspecified atom stereocenters. The molecule has 1 rings (SSSR count). The fraction of sp³-hybridized carbons (Fsp3) is 0.455. The maximum Gasteiger partial charge on any atom is 0.310 e. The lowest BCUT2D eigenvalue weighted by Gasteiger charge is -2.13. The van der Waals surface area contributed by atoms with Crippen molar-refractivity contribution in [3.05, 3.63) is 28.6 Å². The Balaban J connectivity index is 3.26. The average molecular weight is 244 g/mol. The molecule has 2 N–H and O–H groups in total. The summed E-state index contributed by atoms with van der Waals surface area (Å²) in [5.41, 5.74) is 6.17. The van der Waals surface area contributed by atoms with Gasteiger partial charge in [0.25, 0.3) is 6.43 Å². The molecule has 0 amide bonds. The molecule has 0 bridgehead atoms. The van der Waals surface area contributed by atoms with E-state index in [1.807, 2.05) is 0 Å². The smallest absolute Gasteiger partial charge is 0.310 e. The standard InChI is InChI=1S/C11H14F2N2O2/c1-6-3-8(11(12)13)7(4-10(16)17-2)9(5-14)15-6/h3,11H,4-5,14H2,1-2H3. The Bertz CT molecular complexity index is 422. The van der Waals surface area contributed by atoms with Gasteiger partial charge < -0.3 is 10.5 Å². The second kappa shape index (κ2) is 5.67. The van der Waals surface area contributed by atoms with Crippen molar-refractivity contribution in [1.82, 2.24) is 4.98 Å². The number of nitrogens with two attached hydrogens (primary N) is 1. The number of rotatable bonds is 4. The first kappa shape index (κ1) is 13.5. The van der Waals surface area contributed by atoms with Crippen LogP contribution in [-0.4, -0.2) is 18.1 Å². The summed E-state index contributed by atoms with van der Waals surface area (Å²) in [5.74, 6) is -0.591. The first-order valence-electron chi connectivity index (χ1n) is 5.04. The quantitative estimate of drug-likeness (QED) is 0.815. The molecule has 6 heteroatoms. The second-order valence-electron chi connectivity index (χ2n) is 3.54.